The zero-order valence-corrected chi connectivity index (χ0v) is 24.3. The number of carbonyl (C=O) groups excluding carboxylic acids is 1. The summed E-state index contributed by atoms with van der Waals surface area (Å²) >= 11 is 1.88. The van der Waals surface area contributed by atoms with Gasteiger partial charge in [-0.2, -0.15) is 0 Å². The fourth-order valence-corrected chi connectivity index (χ4v) is 7.64. The van der Waals surface area contributed by atoms with Crippen LogP contribution in [0, 0.1) is 0 Å². The zero-order valence-electron chi connectivity index (χ0n) is 23.5. The van der Waals surface area contributed by atoms with Crippen LogP contribution in [-0.2, 0) is 11.3 Å². The van der Waals surface area contributed by atoms with Gasteiger partial charge in [-0.1, -0.05) is 25.7 Å². The number of hydrogen-bond donors (Lipinski definition) is 1. The Balaban J connectivity index is 1.16. The molecule has 1 N–H and O–H groups in total. The maximum atomic E-state index is 12.8. The van der Waals surface area contributed by atoms with Gasteiger partial charge in [0.25, 0.3) is 0 Å². The number of thiazole rings is 1. The Morgan fingerprint density at radius 1 is 1.05 bits per heavy atom. The summed E-state index contributed by atoms with van der Waals surface area (Å²) in [5, 5.41) is 10.5. The van der Waals surface area contributed by atoms with Gasteiger partial charge >= 0.3 is 12.1 Å². The number of carboxylic acid groups (broad SMARTS) is 1. The van der Waals surface area contributed by atoms with E-state index in [2.05, 4.69) is 17.0 Å². The number of nitrogens with zero attached hydrogens (tertiary/aromatic N) is 3. The molecule has 1 saturated carbocycles. The summed E-state index contributed by atoms with van der Waals surface area (Å²) in [4.78, 5) is 34.7. The average Bonchev–Trinajstić information content (AvgIpc) is 3.42. The molecule has 8 nitrogen and oxygen atoms in total. The molecule has 1 aromatic heterocycles. The Morgan fingerprint density at radius 3 is 2.37 bits per heavy atom. The number of carboxylic acids is 1. The van der Waals surface area contributed by atoms with Crippen LogP contribution in [0.1, 0.15) is 77.5 Å². The van der Waals surface area contributed by atoms with Gasteiger partial charge in [-0.3, -0.25) is 9.80 Å². The quantitative estimate of drug-likeness (QED) is 0.305. The minimum absolute atomic E-state index is 0.198. The maximum absolute atomic E-state index is 12.8. The largest absolute Gasteiger partial charge is 0.497 e. The van der Waals surface area contributed by atoms with Crippen LogP contribution in [0.25, 0.3) is 11.3 Å². The topological polar surface area (TPSA) is 92.2 Å². The van der Waals surface area contributed by atoms with Crippen molar-refractivity contribution in [3.63, 3.8) is 0 Å². The third-order valence-electron chi connectivity index (χ3n) is 8.81. The Kier molecular flexibility index (Phi) is 7.99. The molecule has 0 atom stereocenters. The predicted octanol–water partition coefficient (Wildman–Crippen LogP) is 6.95. The number of carbonyl (C=O) groups is 2. The number of rotatable bonds is 7. The van der Waals surface area contributed by atoms with Gasteiger partial charge in [0.05, 0.1) is 29.9 Å². The third kappa shape index (κ3) is 5.97. The molecule has 1 spiro atoms. The lowest BCUT2D eigenvalue weighted by Crippen LogP contribution is -2.46. The fraction of sp³-hybridized carbons (Fsp3) is 0.469. The summed E-state index contributed by atoms with van der Waals surface area (Å²) in [6.45, 7) is 2.97. The minimum Gasteiger partial charge on any atom is -0.497 e. The summed E-state index contributed by atoms with van der Waals surface area (Å²) < 4.78 is 11.4. The molecule has 2 aliphatic heterocycles. The van der Waals surface area contributed by atoms with Crippen molar-refractivity contribution >= 4 is 29.1 Å². The van der Waals surface area contributed by atoms with Gasteiger partial charge < -0.3 is 14.6 Å². The van der Waals surface area contributed by atoms with E-state index in [1.807, 2.05) is 23.5 Å². The van der Waals surface area contributed by atoms with Crippen LogP contribution < -0.4 is 9.64 Å². The summed E-state index contributed by atoms with van der Waals surface area (Å²) in [7, 11) is 1.69. The normalized spacial score (nSPS) is 19.7. The van der Waals surface area contributed by atoms with Crippen molar-refractivity contribution in [2.24, 2.45) is 0 Å². The number of amides is 1. The zero-order chi connectivity index (χ0) is 28.4. The molecule has 6 rings (SSSR count). The van der Waals surface area contributed by atoms with Crippen LogP contribution in [-0.4, -0.2) is 59.4 Å². The van der Waals surface area contributed by atoms with E-state index < -0.39 is 11.6 Å². The van der Waals surface area contributed by atoms with Crippen LogP contribution in [0.5, 0.6) is 5.75 Å². The lowest BCUT2D eigenvalue weighted by atomic mass is 9.91. The monoisotopic (exact) mass is 575 g/mol. The number of aromatic nitrogens is 1. The number of aromatic carboxylic acids is 1. The molecule has 0 unspecified atom stereocenters. The number of methoxy groups -OCH3 is 1. The molecular weight excluding hydrogens is 538 g/mol. The van der Waals surface area contributed by atoms with E-state index in [9.17, 15) is 14.7 Å². The second kappa shape index (κ2) is 11.8. The maximum Gasteiger partial charge on any atom is 0.415 e. The van der Waals surface area contributed by atoms with Crippen molar-refractivity contribution in [1.29, 1.82) is 0 Å². The summed E-state index contributed by atoms with van der Waals surface area (Å²) in [6.07, 6.45) is 8.82. The molecular formula is C32H37N3O5S. The van der Waals surface area contributed by atoms with Crippen molar-refractivity contribution in [2.45, 2.75) is 69.4 Å². The van der Waals surface area contributed by atoms with Crippen LogP contribution in [0.3, 0.4) is 0 Å². The van der Waals surface area contributed by atoms with Gasteiger partial charge in [0, 0.05) is 54.5 Å². The van der Waals surface area contributed by atoms with Gasteiger partial charge in [0.2, 0.25) is 0 Å². The summed E-state index contributed by atoms with van der Waals surface area (Å²) in [6, 6.07) is 14.6. The van der Waals surface area contributed by atoms with Crippen LogP contribution in [0.2, 0.25) is 0 Å². The first kappa shape index (κ1) is 27.7. The van der Waals surface area contributed by atoms with Crippen LogP contribution in [0.15, 0.2) is 48.5 Å². The molecule has 2 saturated heterocycles. The SMILES string of the molecule is COc1ccc(-c2nc(C3CCCCCC3)sc2CN2CCC3(CC2)CN(c2ccc(C(=O)O)cc2)C(=O)O3)cc1. The second-order valence-corrected chi connectivity index (χ2v) is 12.6. The van der Waals surface area contributed by atoms with Gasteiger partial charge in [-0.05, 0) is 61.4 Å². The number of piperidine rings is 1. The first-order chi connectivity index (χ1) is 19.9. The van der Waals surface area contributed by atoms with E-state index in [0.29, 0.717) is 18.2 Å². The second-order valence-electron chi connectivity index (χ2n) is 11.5. The van der Waals surface area contributed by atoms with E-state index in [-0.39, 0.29) is 11.7 Å². The predicted molar refractivity (Wildman–Crippen MR) is 159 cm³/mol. The van der Waals surface area contributed by atoms with E-state index >= 15 is 0 Å². The number of ether oxygens (including phenoxy) is 2. The van der Waals surface area contributed by atoms with Crippen LogP contribution >= 0.6 is 11.3 Å². The van der Waals surface area contributed by atoms with E-state index in [4.69, 9.17) is 14.5 Å². The molecule has 3 aromatic rings. The lowest BCUT2D eigenvalue weighted by Gasteiger charge is -2.37. The standard InChI is InChI=1S/C32H37N3O5S/c1-39-26-14-10-22(11-15-26)28-27(41-29(33-28)23-6-4-2-3-5-7-23)20-34-18-16-32(17-19-34)21-35(31(38)40-32)25-12-8-24(9-13-25)30(36)37/h8-15,23H,2-7,16-21H2,1H3,(H,36,37). The Bertz CT molecular complexity index is 1370. The summed E-state index contributed by atoms with van der Waals surface area (Å²) in [5.74, 6) is 0.405. The molecule has 1 amide bonds. The van der Waals surface area contributed by atoms with Gasteiger partial charge in [-0.25, -0.2) is 14.6 Å². The van der Waals surface area contributed by atoms with Gasteiger partial charge in [0.1, 0.15) is 11.4 Å². The first-order valence-electron chi connectivity index (χ1n) is 14.6. The lowest BCUT2D eigenvalue weighted by molar-refractivity contribution is -0.000732. The van der Waals surface area contributed by atoms with E-state index in [0.717, 1.165) is 49.5 Å². The molecule has 0 bridgehead atoms. The molecule has 0 radical (unpaired) electrons. The van der Waals surface area contributed by atoms with Gasteiger partial charge in [0.15, 0.2) is 0 Å². The smallest absolute Gasteiger partial charge is 0.415 e. The highest BCUT2D eigenvalue weighted by Crippen LogP contribution is 2.40. The van der Waals surface area contributed by atoms with Crippen molar-refractivity contribution in [2.75, 3.05) is 31.6 Å². The number of likely N-dealkylation sites (tertiary alicyclic amines) is 1. The molecule has 9 heteroatoms. The molecule has 3 heterocycles. The molecule has 3 aliphatic rings. The fourth-order valence-electron chi connectivity index (χ4n) is 6.34. The number of anilines is 1. The average molecular weight is 576 g/mol. The van der Waals surface area contributed by atoms with Crippen LogP contribution in [0.4, 0.5) is 10.5 Å². The highest BCUT2D eigenvalue weighted by atomic mass is 32.1. The van der Waals surface area contributed by atoms with E-state index in [1.165, 1.54) is 60.5 Å². The van der Waals surface area contributed by atoms with Crippen molar-refractivity contribution < 1.29 is 24.2 Å². The van der Waals surface area contributed by atoms with Crippen molar-refractivity contribution in [1.82, 2.24) is 9.88 Å². The van der Waals surface area contributed by atoms with Crippen molar-refractivity contribution in [3.05, 3.63) is 64.0 Å². The molecule has 41 heavy (non-hydrogen) atoms. The summed E-state index contributed by atoms with van der Waals surface area (Å²) in [5.41, 5.74) is 2.56. The highest BCUT2D eigenvalue weighted by molar-refractivity contribution is 7.12. The number of benzene rings is 2. The van der Waals surface area contributed by atoms with E-state index in [1.54, 1.807) is 24.1 Å². The van der Waals surface area contributed by atoms with Gasteiger partial charge in [-0.15, -0.1) is 11.3 Å². The first-order valence-corrected chi connectivity index (χ1v) is 15.4. The Hall–Kier alpha value is -3.43. The molecule has 2 aromatic carbocycles. The molecule has 1 aliphatic carbocycles. The molecule has 3 fully saturated rings. The molecule has 216 valence electrons. The Labute approximate surface area is 244 Å². The third-order valence-corrected chi connectivity index (χ3v) is 10.0. The van der Waals surface area contributed by atoms with Crippen molar-refractivity contribution in [3.8, 4) is 17.0 Å². The Morgan fingerprint density at radius 2 is 1.73 bits per heavy atom. The highest BCUT2D eigenvalue weighted by Gasteiger charge is 2.47. The number of hydrogen-bond acceptors (Lipinski definition) is 7. The minimum atomic E-state index is -0.984.